The molecule has 0 radical (unpaired) electrons. The van der Waals surface area contributed by atoms with Crippen LogP contribution in [-0.4, -0.2) is 4.98 Å². The smallest absolute Gasteiger partial charge is 0.112 e. The average Bonchev–Trinajstić information content (AvgIpc) is 2.73. The van der Waals surface area contributed by atoms with E-state index in [2.05, 4.69) is 10.3 Å². The van der Waals surface area contributed by atoms with Gasteiger partial charge in [-0.3, -0.25) is 0 Å². The molecule has 1 aromatic heterocycles. The lowest BCUT2D eigenvalue weighted by Gasteiger charge is -2.05. The Morgan fingerprint density at radius 1 is 1.53 bits per heavy atom. The van der Waals surface area contributed by atoms with Crippen LogP contribution in [0.4, 0.5) is 11.4 Å². The molecule has 0 amide bonds. The summed E-state index contributed by atoms with van der Waals surface area (Å²) in [6.07, 6.45) is 1.86. The second-order valence-electron chi connectivity index (χ2n) is 3.63. The van der Waals surface area contributed by atoms with Gasteiger partial charge in [0, 0.05) is 16.8 Å². The second kappa shape index (κ2) is 4.85. The van der Waals surface area contributed by atoms with Gasteiger partial charge in [-0.15, -0.1) is 11.3 Å². The summed E-state index contributed by atoms with van der Waals surface area (Å²) < 4.78 is 0. The number of nitriles is 1. The molecule has 0 bridgehead atoms. The molecule has 0 unspecified atom stereocenters. The van der Waals surface area contributed by atoms with E-state index in [0.717, 1.165) is 10.7 Å². The number of aromatic nitrogens is 1. The lowest BCUT2D eigenvalue weighted by Crippen LogP contribution is -2.00. The summed E-state index contributed by atoms with van der Waals surface area (Å²) in [4.78, 5) is 5.45. The summed E-state index contributed by atoms with van der Waals surface area (Å²) in [5, 5.41) is 13.0. The van der Waals surface area contributed by atoms with Crippen molar-refractivity contribution in [3.8, 4) is 6.07 Å². The van der Waals surface area contributed by atoms with E-state index < -0.39 is 0 Å². The highest BCUT2D eigenvalue weighted by Crippen LogP contribution is 2.19. The maximum Gasteiger partial charge on any atom is 0.112 e. The molecule has 4 nitrogen and oxygen atoms in total. The normalized spacial score (nSPS) is 9.88. The lowest BCUT2D eigenvalue weighted by atomic mass is 10.2. The summed E-state index contributed by atoms with van der Waals surface area (Å²) in [6, 6.07) is 7.36. The van der Waals surface area contributed by atoms with Crippen LogP contribution in [0.5, 0.6) is 0 Å². The van der Waals surface area contributed by atoms with Gasteiger partial charge in [0.1, 0.15) is 11.1 Å². The van der Waals surface area contributed by atoms with Gasteiger partial charge < -0.3 is 11.1 Å². The number of nitrogen functional groups attached to an aromatic ring is 1. The molecule has 0 aliphatic heterocycles. The fourth-order valence-electron chi connectivity index (χ4n) is 1.44. The molecule has 0 atom stereocenters. The first-order valence-corrected chi connectivity index (χ1v) is 5.95. The third kappa shape index (κ3) is 2.74. The van der Waals surface area contributed by atoms with Crippen LogP contribution in [0.3, 0.4) is 0 Å². The highest BCUT2D eigenvalue weighted by Gasteiger charge is 2.01. The first-order valence-electron chi connectivity index (χ1n) is 5.14. The molecule has 1 aromatic carbocycles. The van der Waals surface area contributed by atoms with Gasteiger partial charge >= 0.3 is 0 Å². The van der Waals surface area contributed by atoms with Crippen LogP contribution in [0, 0.1) is 18.3 Å². The topological polar surface area (TPSA) is 74.7 Å². The van der Waals surface area contributed by atoms with Crippen LogP contribution in [-0.2, 0) is 6.54 Å². The Bertz CT molecular complexity index is 568. The molecule has 0 spiro atoms. The lowest BCUT2D eigenvalue weighted by molar-refractivity contribution is 1.10. The van der Waals surface area contributed by atoms with Crippen molar-refractivity contribution in [3.63, 3.8) is 0 Å². The first kappa shape index (κ1) is 11.4. The summed E-state index contributed by atoms with van der Waals surface area (Å²) in [5.74, 6) is 0. The van der Waals surface area contributed by atoms with Gasteiger partial charge in [-0.25, -0.2) is 4.98 Å². The number of nitrogens with zero attached hydrogens (tertiary/aromatic N) is 2. The molecule has 2 rings (SSSR count). The summed E-state index contributed by atoms with van der Waals surface area (Å²) in [5.41, 5.74) is 7.62. The highest BCUT2D eigenvalue weighted by atomic mass is 32.1. The number of hydrogen-bond donors (Lipinski definition) is 2. The van der Waals surface area contributed by atoms with Crippen LogP contribution in [0.25, 0.3) is 0 Å². The number of aryl methyl sites for hydroxylation is 1. The van der Waals surface area contributed by atoms with Crippen molar-refractivity contribution < 1.29 is 0 Å². The molecule has 0 aliphatic rings. The molecule has 0 aliphatic carbocycles. The van der Waals surface area contributed by atoms with Gasteiger partial charge in [-0.05, 0) is 25.1 Å². The van der Waals surface area contributed by atoms with E-state index in [4.69, 9.17) is 11.0 Å². The number of rotatable bonds is 3. The van der Waals surface area contributed by atoms with E-state index in [1.807, 2.05) is 25.3 Å². The SMILES string of the molecule is Cc1cnc(CNc2ccc(C#N)c(N)c2)s1. The van der Waals surface area contributed by atoms with Crippen molar-refractivity contribution in [2.24, 2.45) is 0 Å². The van der Waals surface area contributed by atoms with Crippen LogP contribution in [0.15, 0.2) is 24.4 Å². The predicted octanol–water partition coefficient (Wildman–Crippen LogP) is 2.52. The van der Waals surface area contributed by atoms with E-state index >= 15 is 0 Å². The summed E-state index contributed by atoms with van der Waals surface area (Å²) in [7, 11) is 0. The van der Waals surface area contributed by atoms with Gasteiger partial charge in [0.05, 0.1) is 17.8 Å². The van der Waals surface area contributed by atoms with E-state index in [-0.39, 0.29) is 0 Å². The van der Waals surface area contributed by atoms with Crippen LogP contribution < -0.4 is 11.1 Å². The predicted molar refractivity (Wildman–Crippen MR) is 69.7 cm³/mol. The van der Waals surface area contributed by atoms with E-state index in [9.17, 15) is 0 Å². The number of thiazole rings is 1. The molecule has 2 aromatic rings. The summed E-state index contributed by atoms with van der Waals surface area (Å²) >= 11 is 1.66. The molecule has 86 valence electrons. The molecular weight excluding hydrogens is 232 g/mol. The fraction of sp³-hybridized carbons (Fsp3) is 0.167. The van der Waals surface area contributed by atoms with Crippen molar-refractivity contribution in [1.29, 1.82) is 5.26 Å². The van der Waals surface area contributed by atoms with Gasteiger partial charge in [0.25, 0.3) is 0 Å². The molecule has 17 heavy (non-hydrogen) atoms. The molecule has 0 fully saturated rings. The standard InChI is InChI=1S/C12H12N4S/c1-8-6-16-12(17-8)7-15-10-3-2-9(5-13)11(14)4-10/h2-4,6,15H,7,14H2,1H3. The Hall–Kier alpha value is -2.06. The molecular formula is C12H12N4S. The number of nitrogens with two attached hydrogens (primary N) is 1. The second-order valence-corrected chi connectivity index (χ2v) is 4.95. The first-order chi connectivity index (χ1) is 8.19. The number of hydrogen-bond acceptors (Lipinski definition) is 5. The number of anilines is 2. The van der Waals surface area contributed by atoms with E-state index in [1.165, 1.54) is 4.88 Å². The average molecular weight is 244 g/mol. The van der Waals surface area contributed by atoms with Crippen molar-refractivity contribution in [1.82, 2.24) is 4.98 Å². The minimum Gasteiger partial charge on any atom is -0.398 e. The van der Waals surface area contributed by atoms with Crippen LogP contribution in [0.1, 0.15) is 15.4 Å². The third-order valence-corrected chi connectivity index (χ3v) is 3.20. The minimum absolute atomic E-state index is 0.493. The molecule has 1 heterocycles. The third-order valence-electron chi connectivity index (χ3n) is 2.28. The Morgan fingerprint density at radius 2 is 2.35 bits per heavy atom. The Balaban J connectivity index is 2.05. The Kier molecular flexibility index (Phi) is 3.26. The largest absolute Gasteiger partial charge is 0.398 e. The van der Waals surface area contributed by atoms with Gasteiger partial charge in [-0.2, -0.15) is 5.26 Å². The highest BCUT2D eigenvalue weighted by molar-refractivity contribution is 7.11. The van der Waals surface area contributed by atoms with Crippen molar-refractivity contribution in [2.75, 3.05) is 11.1 Å². The maximum atomic E-state index is 8.76. The Morgan fingerprint density at radius 3 is 2.94 bits per heavy atom. The van der Waals surface area contributed by atoms with Crippen molar-refractivity contribution >= 4 is 22.7 Å². The van der Waals surface area contributed by atoms with Crippen molar-refractivity contribution in [3.05, 3.63) is 39.8 Å². The zero-order chi connectivity index (χ0) is 12.3. The van der Waals surface area contributed by atoms with Gasteiger partial charge in [0.15, 0.2) is 0 Å². The molecule has 5 heteroatoms. The van der Waals surface area contributed by atoms with Crippen molar-refractivity contribution in [2.45, 2.75) is 13.5 Å². The van der Waals surface area contributed by atoms with Gasteiger partial charge in [-0.1, -0.05) is 0 Å². The zero-order valence-corrected chi connectivity index (χ0v) is 10.2. The number of nitrogens with one attached hydrogen (secondary N) is 1. The minimum atomic E-state index is 0.493. The Labute approximate surface area is 104 Å². The monoisotopic (exact) mass is 244 g/mol. The maximum absolute atomic E-state index is 8.76. The summed E-state index contributed by atoms with van der Waals surface area (Å²) in [6.45, 7) is 2.70. The van der Waals surface area contributed by atoms with Crippen LogP contribution >= 0.6 is 11.3 Å². The molecule has 0 saturated carbocycles. The van der Waals surface area contributed by atoms with Gasteiger partial charge in [0.2, 0.25) is 0 Å². The zero-order valence-electron chi connectivity index (χ0n) is 9.40. The quantitative estimate of drug-likeness (QED) is 0.813. The van der Waals surface area contributed by atoms with E-state index in [0.29, 0.717) is 17.8 Å². The van der Waals surface area contributed by atoms with Crippen LogP contribution in [0.2, 0.25) is 0 Å². The number of benzene rings is 1. The van der Waals surface area contributed by atoms with E-state index in [1.54, 1.807) is 23.5 Å². The fourth-order valence-corrected chi connectivity index (χ4v) is 2.16. The molecule has 0 saturated heterocycles. The molecule has 3 N–H and O–H groups in total.